The second-order valence-electron chi connectivity index (χ2n) is 2.61. The Kier molecular flexibility index (Phi) is 3.85. The first kappa shape index (κ1) is 10.9. The largest absolute Gasteiger partial charge is 0.290 e. The first-order chi connectivity index (χ1) is 6.64. The van der Waals surface area contributed by atoms with Crippen molar-refractivity contribution in [3.8, 4) is 0 Å². The summed E-state index contributed by atoms with van der Waals surface area (Å²) in [5.41, 5.74) is 0.829. The lowest BCUT2D eigenvalue weighted by Crippen LogP contribution is -2.00. The smallest absolute Gasteiger partial charge is 0.267 e. The van der Waals surface area contributed by atoms with E-state index in [2.05, 4.69) is 4.18 Å². The van der Waals surface area contributed by atoms with Crippen molar-refractivity contribution >= 4 is 16.2 Å². The Morgan fingerprint density at radius 3 is 2.50 bits per heavy atom. The van der Waals surface area contributed by atoms with Gasteiger partial charge in [-0.2, -0.15) is 8.42 Å². The Balaban J connectivity index is 2.74. The van der Waals surface area contributed by atoms with E-state index >= 15 is 0 Å². The van der Waals surface area contributed by atoms with Gasteiger partial charge in [-0.05, 0) is 18.6 Å². The monoisotopic (exact) mass is 212 g/mol. The summed E-state index contributed by atoms with van der Waals surface area (Å²) in [4.78, 5) is 0. The van der Waals surface area contributed by atoms with Crippen LogP contribution in [0, 0.1) is 0 Å². The van der Waals surface area contributed by atoms with Gasteiger partial charge in [-0.3, -0.25) is 4.18 Å². The van der Waals surface area contributed by atoms with Crippen LogP contribution < -0.4 is 0 Å². The molecule has 0 saturated carbocycles. The molecule has 14 heavy (non-hydrogen) atoms. The summed E-state index contributed by atoms with van der Waals surface area (Å²) in [6.45, 7) is 1.79. The highest BCUT2D eigenvalue weighted by molar-refractivity contribution is 7.89. The standard InChI is InChI=1S/C10H12O3S/c1-2-13-14(11,12)9-8-10-6-4-3-5-7-10/h3-9H,2H2,1H3. The van der Waals surface area contributed by atoms with E-state index in [4.69, 9.17) is 0 Å². The highest BCUT2D eigenvalue weighted by atomic mass is 32.2. The second kappa shape index (κ2) is 4.93. The van der Waals surface area contributed by atoms with Crippen LogP contribution in [0.3, 0.4) is 0 Å². The van der Waals surface area contributed by atoms with Crippen LogP contribution in [0.2, 0.25) is 0 Å². The molecule has 0 aromatic heterocycles. The molecule has 0 spiro atoms. The summed E-state index contributed by atoms with van der Waals surface area (Å²) in [7, 11) is -3.51. The normalized spacial score (nSPS) is 12.1. The van der Waals surface area contributed by atoms with Gasteiger partial charge in [0.05, 0.1) is 12.0 Å². The summed E-state index contributed by atoms with van der Waals surface area (Å²) >= 11 is 0. The summed E-state index contributed by atoms with van der Waals surface area (Å²) in [6.07, 6.45) is 1.50. The SMILES string of the molecule is CCOS(=O)(=O)C=Cc1ccccc1. The fourth-order valence-corrected chi connectivity index (χ4v) is 1.66. The third-order valence-electron chi connectivity index (χ3n) is 1.51. The molecular weight excluding hydrogens is 200 g/mol. The van der Waals surface area contributed by atoms with Crippen LogP contribution in [0.25, 0.3) is 6.08 Å². The van der Waals surface area contributed by atoms with Gasteiger partial charge in [-0.1, -0.05) is 30.3 Å². The zero-order valence-electron chi connectivity index (χ0n) is 7.88. The van der Waals surface area contributed by atoms with Crippen molar-refractivity contribution in [1.82, 2.24) is 0 Å². The highest BCUT2D eigenvalue weighted by Gasteiger charge is 2.02. The van der Waals surface area contributed by atoms with Gasteiger partial charge in [0.25, 0.3) is 10.1 Å². The number of hydrogen-bond donors (Lipinski definition) is 0. The topological polar surface area (TPSA) is 43.4 Å². The molecule has 1 aromatic carbocycles. The van der Waals surface area contributed by atoms with Gasteiger partial charge in [0.1, 0.15) is 0 Å². The van der Waals surface area contributed by atoms with Crippen molar-refractivity contribution in [2.45, 2.75) is 6.92 Å². The van der Waals surface area contributed by atoms with Crippen LogP contribution in [0.15, 0.2) is 35.7 Å². The third-order valence-corrected chi connectivity index (χ3v) is 2.54. The van der Waals surface area contributed by atoms with Gasteiger partial charge < -0.3 is 0 Å². The van der Waals surface area contributed by atoms with Gasteiger partial charge in [-0.15, -0.1) is 0 Å². The van der Waals surface area contributed by atoms with Crippen LogP contribution in [0.4, 0.5) is 0 Å². The maximum Gasteiger partial charge on any atom is 0.290 e. The molecule has 1 rings (SSSR count). The van der Waals surface area contributed by atoms with Crippen LogP contribution in [-0.4, -0.2) is 15.0 Å². The third kappa shape index (κ3) is 3.72. The minimum absolute atomic E-state index is 0.154. The molecule has 0 radical (unpaired) electrons. The van der Waals surface area contributed by atoms with E-state index in [0.29, 0.717) is 0 Å². The molecule has 76 valence electrons. The van der Waals surface area contributed by atoms with Crippen molar-refractivity contribution in [2.75, 3.05) is 6.61 Å². The molecule has 0 amide bonds. The van der Waals surface area contributed by atoms with Crippen LogP contribution >= 0.6 is 0 Å². The molecule has 0 unspecified atom stereocenters. The molecule has 4 heteroatoms. The average molecular weight is 212 g/mol. The van der Waals surface area contributed by atoms with E-state index in [1.165, 1.54) is 6.08 Å². The zero-order chi connectivity index (χ0) is 10.4. The molecule has 3 nitrogen and oxygen atoms in total. The molecule has 0 atom stereocenters. The Morgan fingerprint density at radius 2 is 1.93 bits per heavy atom. The van der Waals surface area contributed by atoms with Gasteiger partial charge in [0.15, 0.2) is 0 Å². The molecule has 0 N–H and O–H groups in total. The van der Waals surface area contributed by atoms with E-state index in [1.807, 2.05) is 30.3 Å². The first-order valence-electron chi connectivity index (χ1n) is 4.26. The Bertz CT molecular complexity index is 393. The van der Waals surface area contributed by atoms with Crippen molar-refractivity contribution in [3.05, 3.63) is 41.3 Å². The average Bonchev–Trinajstić information content (AvgIpc) is 2.17. The van der Waals surface area contributed by atoms with Crippen molar-refractivity contribution in [2.24, 2.45) is 0 Å². The van der Waals surface area contributed by atoms with E-state index < -0.39 is 10.1 Å². The molecular formula is C10H12O3S. The molecule has 1 aromatic rings. The van der Waals surface area contributed by atoms with E-state index in [1.54, 1.807) is 6.92 Å². The van der Waals surface area contributed by atoms with E-state index in [0.717, 1.165) is 11.0 Å². The molecule has 0 aliphatic rings. The van der Waals surface area contributed by atoms with Crippen LogP contribution in [-0.2, 0) is 14.3 Å². The van der Waals surface area contributed by atoms with Gasteiger partial charge in [0.2, 0.25) is 0 Å². The number of hydrogen-bond acceptors (Lipinski definition) is 3. The summed E-state index contributed by atoms with van der Waals surface area (Å²) in [5, 5.41) is 1.06. The number of rotatable bonds is 4. The lowest BCUT2D eigenvalue weighted by atomic mass is 10.2. The van der Waals surface area contributed by atoms with Crippen LogP contribution in [0.1, 0.15) is 12.5 Å². The zero-order valence-corrected chi connectivity index (χ0v) is 8.70. The van der Waals surface area contributed by atoms with Crippen molar-refractivity contribution < 1.29 is 12.6 Å². The Morgan fingerprint density at radius 1 is 1.29 bits per heavy atom. The molecule has 0 fully saturated rings. The molecule has 0 saturated heterocycles. The first-order valence-corrected chi connectivity index (χ1v) is 5.74. The quantitative estimate of drug-likeness (QED) is 0.717. The summed E-state index contributed by atoms with van der Waals surface area (Å²) < 4.78 is 26.7. The maximum atomic E-state index is 11.1. The highest BCUT2D eigenvalue weighted by Crippen LogP contribution is 2.04. The summed E-state index contributed by atoms with van der Waals surface area (Å²) in [5.74, 6) is 0. The second-order valence-corrected chi connectivity index (χ2v) is 4.11. The fraction of sp³-hybridized carbons (Fsp3) is 0.200. The van der Waals surface area contributed by atoms with E-state index in [-0.39, 0.29) is 6.61 Å². The van der Waals surface area contributed by atoms with Crippen LogP contribution in [0.5, 0.6) is 0 Å². The molecule has 0 bridgehead atoms. The summed E-state index contributed by atoms with van der Waals surface area (Å²) in [6, 6.07) is 9.18. The predicted molar refractivity (Wildman–Crippen MR) is 56.0 cm³/mol. The van der Waals surface area contributed by atoms with Gasteiger partial charge in [0, 0.05) is 0 Å². The predicted octanol–water partition coefficient (Wildman–Crippen LogP) is 2.02. The van der Waals surface area contributed by atoms with E-state index in [9.17, 15) is 8.42 Å². The minimum Gasteiger partial charge on any atom is -0.267 e. The lowest BCUT2D eigenvalue weighted by molar-refractivity contribution is 0.345. The Labute approximate surface area is 84.1 Å². The fourth-order valence-electron chi connectivity index (χ4n) is 0.930. The minimum atomic E-state index is -3.51. The molecule has 0 aliphatic heterocycles. The lowest BCUT2D eigenvalue weighted by Gasteiger charge is -1.96. The number of benzene rings is 1. The Hall–Kier alpha value is -1.13. The van der Waals surface area contributed by atoms with Gasteiger partial charge >= 0.3 is 0 Å². The maximum absolute atomic E-state index is 11.1. The molecule has 0 heterocycles. The van der Waals surface area contributed by atoms with Crippen molar-refractivity contribution in [3.63, 3.8) is 0 Å². The van der Waals surface area contributed by atoms with Gasteiger partial charge in [-0.25, -0.2) is 0 Å². The van der Waals surface area contributed by atoms with Crippen molar-refractivity contribution in [1.29, 1.82) is 0 Å². The molecule has 0 aliphatic carbocycles.